The summed E-state index contributed by atoms with van der Waals surface area (Å²) >= 11 is 0. The molecule has 0 N–H and O–H groups in total. The number of hydrogen-bond donors (Lipinski definition) is 0. The van der Waals surface area contributed by atoms with Crippen molar-refractivity contribution in [2.24, 2.45) is 22.2 Å². The van der Waals surface area contributed by atoms with Gasteiger partial charge in [0.2, 0.25) is 0 Å². The molecule has 6 aliphatic carbocycles. The monoisotopic (exact) mass is 332 g/mol. The van der Waals surface area contributed by atoms with Gasteiger partial charge in [-0.25, -0.2) is 0 Å². The van der Waals surface area contributed by atoms with Crippen LogP contribution in [0.2, 0.25) is 0 Å². The summed E-state index contributed by atoms with van der Waals surface area (Å²) in [5.41, 5.74) is 7.23. The largest absolute Gasteiger partial charge is 0.299 e. The Morgan fingerprint density at radius 3 is 2.76 bits per heavy atom. The molecule has 2 saturated carbocycles. The summed E-state index contributed by atoms with van der Waals surface area (Å²) in [6.45, 7) is 4.66. The van der Waals surface area contributed by atoms with Crippen LogP contribution in [0.4, 0.5) is 0 Å². The van der Waals surface area contributed by atoms with Gasteiger partial charge in [-0.15, -0.1) is 0 Å². The van der Waals surface area contributed by atoms with Gasteiger partial charge in [0.05, 0.1) is 5.41 Å². The first-order valence-electron chi connectivity index (χ1n) is 9.83. The molecule has 25 heavy (non-hydrogen) atoms. The van der Waals surface area contributed by atoms with E-state index >= 15 is 0 Å². The Morgan fingerprint density at radius 1 is 1.08 bits per heavy atom. The molecule has 128 valence electrons. The molecule has 2 nitrogen and oxygen atoms in total. The van der Waals surface area contributed by atoms with Crippen molar-refractivity contribution in [1.29, 1.82) is 0 Å². The average Bonchev–Trinajstić information content (AvgIpc) is 3.27. The average molecular weight is 332 g/mol. The Morgan fingerprint density at radius 2 is 1.92 bits per heavy atom. The van der Waals surface area contributed by atoms with Crippen LogP contribution in [0.5, 0.6) is 0 Å². The van der Waals surface area contributed by atoms with Crippen molar-refractivity contribution in [2.75, 3.05) is 0 Å². The smallest absolute Gasteiger partial charge is 0.159 e. The summed E-state index contributed by atoms with van der Waals surface area (Å²) < 4.78 is 0. The molecule has 0 aromatic heterocycles. The molecule has 2 fully saturated rings. The van der Waals surface area contributed by atoms with Crippen LogP contribution in [-0.2, 0) is 9.59 Å². The van der Waals surface area contributed by atoms with Crippen molar-refractivity contribution in [3.63, 3.8) is 0 Å². The first-order chi connectivity index (χ1) is 11.9. The predicted molar refractivity (Wildman–Crippen MR) is 95.7 cm³/mol. The van der Waals surface area contributed by atoms with Crippen LogP contribution in [0, 0.1) is 22.2 Å². The van der Waals surface area contributed by atoms with Gasteiger partial charge >= 0.3 is 0 Å². The zero-order valence-electron chi connectivity index (χ0n) is 15.1. The van der Waals surface area contributed by atoms with E-state index in [1.807, 2.05) is 0 Å². The lowest BCUT2D eigenvalue weighted by atomic mass is 9.54. The normalized spacial score (nSPS) is 46.5. The minimum absolute atomic E-state index is 0.0747. The van der Waals surface area contributed by atoms with E-state index < -0.39 is 0 Å². The van der Waals surface area contributed by atoms with E-state index in [0.29, 0.717) is 18.1 Å². The van der Waals surface area contributed by atoms with E-state index in [1.54, 1.807) is 6.08 Å². The molecule has 3 unspecified atom stereocenters. The number of carbonyl (C=O) groups is 2. The van der Waals surface area contributed by atoms with Gasteiger partial charge in [-0.05, 0) is 67.2 Å². The minimum Gasteiger partial charge on any atom is -0.299 e. The van der Waals surface area contributed by atoms with E-state index in [0.717, 1.165) is 38.5 Å². The second-order valence-electron chi connectivity index (χ2n) is 9.54. The number of ketones is 2. The second kappa shape index (κ2) is 4.00. The van der Waals surface area contributed by atoms with Gasteiger partial charge < -0.3 is 0 Å². The summed E-state index contributed by atoms with van der Waals surface area (Å²) in [6, 6.07) is 0. The quantitative estimate of drug-likeness (QED) is 0.606. The molecule has 6 aliphatic rings. The molecule has 1 spiro atoms. The Bertz CT molecular complexity index is 910. The zero-order chi connectivity index (χ0) is 17.2. The SMILES string of the molecule is CC12C=CC(=O)CC1=C1CC1C1=C2CCC23C(=O)CC[C@]2(C)CC=C13. The second-order valence-corrected chi connectivity index (χ2v) is 9.54. The molecular formula is C23H24O2. The van der Waals surface area contributed by atoms with E-state index in [9.17, 15) is 9.59 Å². The van der Waals surface area contributed by atoms with Gasteiger partial charge in [-0.3, -0.25) is 9.59 Å². The van der Waals surface area contributed by atoms with Crippen LogP contribution in [-0.4, -0.2) is 11.6 Å². The Balaban J connectivity index is 1.58. The summed E-state index contributed by atoms with van der Waals surface area (Å²) in [6.07, 6.45) is 13.0. The number of fused-ring (bicyclic) bond motifs is 5. The van der Waals surface area contributed by atoms with Gasteiger partial charge in [0.25, 0.3) is 0 Å². The van der Waals surface area contributed by atoms with Crippen molar-refractivity contribution < 1.29 is 9.59 Å². The maximum atomic E-state index is 13.1. The Labute approximate surface area is 148 Å². The molecule has 4 atom stereocenters. The molecular weight excluding hydrogens is 308 g/mol. The third-order valence-electron chi connectivity index (χ3n) is 8.62. The van der Waals surface area contributed by atoms with Crippen LogP contribution < -0.4 is 0 Å². The van der Waals surface area contributed by atoms with Crippen molar-refractivity contribution in [2.45, 2.75) is 58.8 Å². The highest BCUT2D eigenvalue weighted by Crippen LogP contribution is 2.73. The lowest BCUT2D eigenvalue weighted by molar-refractivity contribution is -0.127. The van der Waals surface area contributed by atoms with Crippen molar-refractivity contribution in [3.8, 4) is 0 Å². The van der Waals surface area contributed by atoms with Crippen LogP contribution in [0.1, 0.15) is 58.8 Å². The highest BCUT2D eigenvalue weighted by molar-refractivity contribution is 5.96. The van der Waals surface area contributed by atoms with Gasteiger partial charge in [0.1, 0.15) is 5.78 Å². The summed E-state index contributed by atoms with van der Waals surface area (Å²) in [4.78, 5) is 25.1. The predicted octanol–water partition coefficient (Wildman–Crippen LogP) is 4.63. The zero-order valence-corrected chi connectivity index (χ0v) is 15.1. The highest BCUT2D eigenvalue weighted by atomic mass is 16.1. The number of Topliss-reactive ketones (excluding diaryl/α,β-unsaturated/α-hetero) is 1. The fourth-order valence-corrected chi connectivity index (χ4v) is 7.15. The molecule has 0 aromatic carbocycles. The standard InChI is InChI=1S/C23H24O2/c1-21-7-4-17-20-15-12-14(15)18-11-13(24)3-9-22(18,2)16(20)5-10-23(17,21)19(25)6-8-21/h3-4,9,15H,5-8,10-12H2,1-2H3/t15?,21-,22?,23?/m0/s1. The fourth-order valence-electron chi connectivity index (χ4n) is 7.15. The summed E-state index contributed by atoms with van der Waals surface area (Å²) in [7, 11) is 0. The minimum atomic E-state index is -0.193. The fraction of sp³-hybridized carbons (Fsp3) is 0.565. The molecule has 0 heterocycles. The molecule has 2 heteroatoms. The first kappa shape index (κ1) is 14.5. The van der Waals surface area contributed by atoms with E-state index in [1.165, 1.54) is 27.9 Å². The van der Waals surface area contributed by atoms with Crippen LogP contribution in [0.15, 0.2) is 46.1 Å². The Kier molecular flexibility index (Phi) is 2.31. The lowest BCUT2D eigenvalue weighted by Crippen LogP contribution is -2.43. The molecule has 6 rings (SSSR count). The Hall–Kier alpha value is -1.70. The lowest BCUT2D eigenvalue weighted by Gasteiger charge is -2.48. The molecule has 0 amide bonds. The summed E-state index contributed by atoms with van der Waals surface area (Å²) in [5.74, 6) is 1.26. The number of allylic oxidation sites excluding steroid dienone is 8. The third kappa shape index (κ3) is 1.39. The molecule has 0 aliphatic heterocycles. The number of carbonyl (C=O) groups excluding carboxylic acids is 2. The van der Waals surface area contributed by atoms with E-state index in [-0.39, 0.29) is 22.0 Å². The maximum absolute atomic E-state index is 13.1. The van der Waals surface area contributed by atoms with Gasteiger partial charge in [0.15, 0.2) is 5.78 Å². The highest BCUT2D eigenvalue weighted by Gasteiger charge is 2.66. The molecule has 0 radical (unpaired) electrons. The van der Waals surface area contributed by atoms with Crippen molar-refractivity contribution in [1.82, 2.24) is 0 Å². The maximum Gasteiger partial charge on any atom is 0.159 e. The summed E-state index contributed by atoms with van der Waals surface area (Å²) in [5, 5.41) is 0. The number of rotatable bonds is 0. The van der Waals surface area contributed by atoms with Crippen LogP contribution in [0.3, 0.4) is 0 Å². The third-order valence-corrected chi connectivity index (χ3v) is 8.62. The van der Waals surface area contributed by atoms with E-state index in [4.69, 9.17) is 0 Å². The first-order valence-corrected chi connectivity index (χ1v) is 9.83. The molecule has 0 saturated heterocycles. The van der Waals surface area contributed by atoms with Crippen molar-refractivity contribution in [3.05, 3.63) is 46.1 Å². The van der Waals surface area contributed by atoms with E-state index in [2.05, 4.69) is 26.0 Å². The van der Waals surface area contributed by atoms with Crippen LogP contribution in [0.25, 0.3) is 0 Å². The van der Waals surface area contributed by atoms with Gasteiger partial charge in [0, 0.05) is 24.2 Å². The number of hydrogen-bond acceptors (Lipinski definition) is 2. The molecule has 0 aromatic rings. The van der Waals surface area contributed by atoms with Crippen molar-refractivity contribution >= 4 is 11.6 Å². The topological polar surface area (TPSA) is 34.1 Å². The molecule has 0 bridgehead atoms. The van der Waals surface area contributed by atoms with Gasteiger partial charge in [-0.2, -0.15) is 0 Å². The van der Waals surface area contributed by atoms with Gasteiger partial charge in [-0.1, -0.05) is 30.2 Å². The van der Waals surface area contributed by atoms with Crippen LogP contribution >= 0.6 is 0 Å².